The van der Waals surface area contributed by atoms with E-state index in [0.29, 0.717) is 17.7 Å². The normalized spacial score (nSPS) is 11.1. The van der Waals surface area contributed by atoms with Gasteiger partial charge in [0, 0.05) is 6.42 Å². The Balaban J connectivity index is 1.51. The molecule has 0 spiro atoms. The van der Waals surface area contributed by atoms with Gasteiger partial charge in [-0.25, -0.2) is 10.2 Å². The van der Waals surface area contributed by atoms with Crippen LogP contribution in [0.3, 0.4) is 0 Å². The van der Waals surface area contributed by atoms with E-state index in [-0.39, 0.29) is 11.9 Å². The summed E-state index contributed by atoms with van der Waals surface area (Å²) in [6, 6.07) is 14.3. The number of aryl methyl sites for hydroxylation is 1. The van der Waals surface area contributed by atoms with Gasteiger partial charge in [-0.2, -0.15) is 5.10 Å². The third-order valence-corrected chi connectivity index (χ3v) is 6.25. The number of carbonyl (C=O) groups is 2. The molecular formula is C31H44N2O3. The van der Waals surface area contributed by atoms with Crippen molar-refractivity contribution in [2.45, 2.75) is 104 Å². The highest BCUT2D eigenvalue weighted by Crippen LogP contribution is 2.15. The summed E-state index contributed by atoms with van der Waals surface area (Å²) in [6.07, 6.45) is 18.9. The Bertz CT molecular complexity index is 922. The Morgan fingerprint density at radius 1 is 0.806 bits per heavy atom. The number of rotatable bonds is 18. The number of amides is 1. The molecule has 0 aliphatic heterocycles. The predicted molar refractivity (Wildman–Crippen MR) is 149 cm³/mol. The molecule has 0 aliphatic carbocycles. The highest BCUT2D eigenvalue weighted by molar-refractivity contribution is 5.91. The van der Waals surface area contributed by atoms with E-state index in [1.165, 1.54) is 70.6 Å². The van der Waals surface area contributed by atoms with Crippen molar-refractivity contribution < 1.29 is 14.3 Å². The molecule has 0 unspecified atom stereocenters. The number of carbonyl (C=O) groups excluding carboxylic acids is 2. The van der Waals surface area contributed by atoms with Crippen molar-refractivity contribution in [1.29, 1.82) is 0 Å². The maximum absolute atomic E-state index is 12.2. The number of hydrazone groups is 1. The van der Waals surface area contributed by atoms with Crippen LogP contribution in [0.5, 0.6) is 5.75 Å². The lowest BCUT2D eigenvalue weighted by Gasteiger charge is -2.05. The fourth-order valence-corrected chi connectivity index (χ4v) is 4.10. The fourth-order valence-electron chi connectivity index (χ4n) is 4.10. The van der Waals surface area contributed by atoms with E-state index < -0.39 is 0 Å². The zero-order chi connectivity index (χ0) is 25.8. The number of unbranched alkanes of at least 4 members (excludes halogenated alkanes) is 12. The molecule has 0 aliphatic rings. The van der Waals surface area contributed by atoms with Gasteiger partial charge in [-0.05, 0) is 55.3 Å². The zero-order valence-corrected chi connectivity index (χ0v) is 22.3. The monoisotopic (exact) mass is 492 g/mol. The lowest BCUT2D eigenvalue weighted by atomic mass is 10.0. The molecule has 0 saturated heterocycles. The van der Waals surface area contributed by atoms with Crippen LogP contribution in [0.2, 0.25) is 0 Å². The topological polar surface area (TPSA) is 67.8 Å². The average Bonchev–Trinajstić information content (AvgIpc) is 2.88. The van der Waals surface area contributed by atoms with Gasteiger partial charge in [0.15, 0.2) is 0 Å². The predicted octanol–water partition coefficient (Wildman–Crippen LogP) is 8.15. The number of esters is 1. The van der Waals surface area contributed by atoms with Gasteiger partial charge in [0.2, 0.25) is 5.91 Å². The Morgan fingerprint density at radius 3 is 1.97 bits per heavy atom. The minimum Gasteiger partial charge on any atom is -0.423 e. The molecule has 0 bridgehead atoms. The van der Waals surface area contributed by atoms with Crippen LogP contribution in [0.1, 0.15) is 118 Å². The molecule has 0 saturated carbocycles. The summed E-state index contributed by atoms with van der Waals surface area (Å²) < 4.78 is 5.41. The first kappa shape index (κ1) is 29.3. The van der Waals surface area contributed by atoms with E-state index in [1.807, 2.05) is 19.1 Å². The molecule has 0 atom stereocenters. The summed E-state index contributed by atoms with van der Waals surface area (Å²) in [5, 5.41) is 4.04. The smallest absolute Gasteiger partial charge is 0.343 e. The average molecular weight is 493 g/mol. The summed E-state index contributed by atoms with van der Waals surface area (Å²) in [4.78, 5) is 24.2. The molecule has 0 radical (unpaired) electrons. The summed E-state index contributed by atoms with van der Waals surface area (Å²) in [7, 11) is 0. The van der Waals surface area contributed by atoms with Gasteiger partial charge in [0.1, 0.15) is 5.75 Å². The van der Waals surface area contributed by atoms with E-state index in [4.69, 9.17) is 4.74 Å². The second-order valence-corrected chi connectivity index (χ2v) is 9.61. The lowest BCUT2D eigenvalue weighted by Crippen LogP contribution is -2.16. The molecular weight excluding hydrogens is 448 g/mol. The Labute approximate surface area is 217 Å². The first-order chi connectivity index (χ1) is 17.6. The van der Waals surface area contributed by atoms with Crippen molar-refractivity contribution in [3.05, 3.63) is 65.2 Å². The van der Waals surface area contributed by atoms with E-state index in [2.05, 4.69) is 17.5 Å². The van der Waals surface area contributed by atoms with Gasteiger partial charge in [-0.15, -0.1) is 0 Å². The lowest BCUT2D eigenvalue weighted by molar-refractivity contribution is -0.121. The van der Waals surface area contributed by atoms with E-state index in [9.17, 15) is 9.59 Å². The van der Waals surface area contributed by atoms with Crippen LogP contribution < -0.4 is 10.2 Å². The number of benzene rings is 2. The van der Waals surface area contributed by atoms with Crippen LogP contribution in [0.25, 0.3) is 0 Å². The van der Waals surface area contributed by atoms with Gasteiger partial charge in [0.05, 0.1) is 11.8 Å². The van der Waals surface area contributed by atoms with Crippen molar-refractivity contribution in [3.8, 4) is 5.75 Å². The van der Waals surface area contributed by atoms with Gasteiger partial charge in [-0.1, -0.05) is 102 Å². The first-order valence-electron chi connectivity index (χ1n) is 13.8. The van der Waals surface area contributed by atoms with Crippen LogP contribution in [-0.4, -0.2) is 18.1 Å². The van der Waals surface area contributed by atoms with Gasteiger partial charge in [0.25, 0.3) is 0 Å². The van der Waals surface area contributed by atoms with Crippen molar-refractivity contribution in [3.63, 3.8) is 0 Å². The van der Waals surface area contributed by atoms with Crippen molar-refractivity contribution in [2.75, 3.05) is 0 Å². The molecule has 5 nitrogen and oxygen atoms in total. The molecule has 2 rings (SSSR count). The molecule has 0 fully saturated rings. The second kappa shape index (κ2) is 18.3. The number of ether oxygens (including phenoxy) is 1. The molecule has 2 aromatic rings. The van der Waals surface area contributed by atoms with Crippen LogP contribution in [0.15, 0.2) is 53.6 Å². The van der Waals surface area contributed by atoms with E-state index in [1.54, 1.807) is 42.6 Å². The zero-order valence-electron chi connectivity index (χ0n) is 22.3. The van der Waals surface area contributed by atoms with Gasteiger partial charge < -0.3 is 4.74 Å². The molecule has 0 heterocycles. The Morgan fingerprint density at radius 2 is 1.39 bits per heavy atom. The number of nitrogens with zero attached hydrogens (tertiary/aromatic N) is 1. The molecule has 2 aromatic carbocycles. The second-order valence-electron chi connectivity index (χ2n) is 9.61. The SMILES string of the molecule is CCCCCCCCCCCCCCCC(=O)NN=Cc1ccc(OC(=O)c2cccc(C)c2)cc1. The molecule has 196 valence electrons. The third kappa shape index (κ3) is 13.2. The summed E-state index contributed by atoms with van der Waals surface area (Å²) in [5.41, 5.74) is 4.93. The van der Waals surface area contributed by atoms with Gasteiger partial charge >= 0.3 is 5.97 Å². The highest BCUT2D eigenvalue weighted by Gasteiger charge is 2.08. The van der Waals surface area contributed by atoms with Crippen LogP contribution in [-0.2, 0) is 4.79 Å². The summed E-state index contributed by atoms with van der Waals surface area (Å²) >= 11 is 0. The van der Waals surface area contributed by atoms with Crippen molar-refractivity contribution in [2.24, 2.45) is 5.10 Å². The molecule has 36 heavy (non-hydrogen) atoms. The Hall–Kier alpha value is -2.95. The van der Waals surface area contributed by atoms with Crippen molar-refractivity contribution in [1.82, 2.24) is 5.43 Å². The molecule has 1 N–H and O–H groups in total. The van der Waals surface area contributed by atoms with Crippen LogP contribution in [0, 0.1) is 6.92 Å². The first-order valence-corrected chi connectivity index (χ1v) is 13.8. The van der Waals surface area contributed by atoms with E-state index in [0.717, 1.165) is 24.0 Å². The summed E-state index contributed by atoms with van der Waals surface area (Å²) in [5.74, 6) is 0.0173. The number of nitrogens with one attached hydrogen (secondary N) is 1. The molecule has 5 heteroatoms. The summed E-state index contributed by atoms with van der Waals surface area (Å²) in [6.45, 7) is 4.20. The van der Waals surface area contributed by atoms with Crippen LogP contribution in [0.4, 0.5) is 0 Å². The number of hydrogen-bond donors (Lipinski definition) is 1. The molecule has 0 aromatic heterocycles. The van der Waals surface area contributed by atoms with Crippen LogP contribution >= 0.6 is 0 Å². The maximum atomic E-state index is 12.2. The minimum absolute atomic E-state index is 0.0574. The highest BCUT2D eigenvalue weighted by atomic mass is 16.5. The fraction of sp³-hybridized carbons (Fsp3) is 0.516. The largest absolute Gasteiger partial charge is 0.423 e. The van der Waals surface area contributed by atoms with Crippen molar-refractivity contribution >= 4 is 18.1 Å². The standard InChI is InChI=1S/C31H44N2O3/c1-3-4-5-6-7-8-9-10-11-12-13-14-15-19-30(34)33-32-25-27-20-22-29(23-21-27)36-31(35)28-18-16-17-26(2)24-28/h16-18,20-25H,3-15,19H2,1-2H3,(H,33,34). The van der Waals surface area contributed by atoms with E-state index >= 15 is 0 Å². The maximum Gasteiger partial charge on any atom is 0.343 e. The Kier molecular flexibility index (Phi) is 14.9. The van der Waals surface area contributed by atoms with Gasteiger partial charge in [-0.3, -0.25) is 4.79 Å². The number of hydrogen-bond acceptors (Lipinski definition) is 4. The quantitative estimate of drug-likeness (QED) is 0.0750. The third-order valence-electron chi connectivity index (χ3n) is 6.25. The minimum atomic E-state index is -0.388. The molecule has 1 amide bonds.